The van der Waals surface area contributed by atoms with Gasteiger partial charge in [0.25, 0.3) is 5.91 Å². The lowest BCUT2D eigenvalue weighted by Gasteiger charge is -2.08. The van der Waals surface area contributed by atoms with Gasteiger partial charge in [0.1, 0.15) is 11.2 Å². The van der Waals surface area contributed by atoms with Crippen molar-refractivity contribution in [3.8, 4) is 5.88 Å². The van der Waals surface area contributed by atoms with Crippen LogP contribution in [0.5, 0.6) is 5.88 Å². The van der Waals surface area contributed by atoms with E-state index in [0.717, 1.165) is 11.3 Å². The van der Waals surface area contributed by atoms with Gasteiger partial charge in [0.05, 0.1) is 30.7 Å². The molecule has 1 N–H and O–H groups in total. The molecule has 0 aliphatic carbocycles. The molecule has 0 fully saturated rings. The summed E-state index contributed by atoms with van der Waals surface area (Å²) in [5, 5.41) is 7.11. The summed E-state index contributed by atoms with van der Waals surface area (Å²) < 4.78 is 9.09. The SMILES string of the molecule is CCOc1ncccc1C(=O)Nc1cnn(Cc2cn3ccccc3n2)c1. The molecule has 0 atom stereocenters. The van der Waals surface area contributed by atoms with Gasteiger partial charge < -0.3 is 14.5 Å². The molecule has 0 bridgehead atoms. The number of carbonyl (C=O) groups is 1. The van der Waals surface area contributed by atoms with Crippen molar-refractivity contribution in [1.82, 2.24) is 24.1 Å². The average Bonchev–Trinajstić information content (AvgIpc) is 3.28. The van der Waals surface area contributed by atoms with E-state index >= 15 is 0 Å². The first-order valence-corrected chi connectivity index (χ1v) is 8.57. The Morgan fingerprint density at radius 2 is 2.15 bits per heavy atom. The van der Waals surface area contributed by atoms with Crippen LogP contribution in [0.3, 0.4) is 0 Å². The van der Waals surface area contributed by atoms with Gasteiger partial charge in [0.15, 0.2) is 0 Å². The molecule has 0 spiro atoms. The third-order valence-electron chi connectivity index (χ3n) is 3.93. The molecule has 0 unspecified atom stereocenters. The fraction of sp³-hybridized carbons (Fsp3) is 0.158. The van der Waals surface area contributed by atoms with Crippen LogP contribution in [0.15, 0.2) is 61.3 Å². The number of nitrogens with zero attached hydrogens (tertiary/aromatic N) is 5. The van der Waals surface area contributed by atoms with Gasteiger partial charge in [-0.15, -0.1) is 0 Å². The Kier molecular flexibility index (Phi) is 4.52. The molecular weight excluding hydrogens is 344 g/mol. The Bertz CT molecular complexity index is 1050. The molecule has 4 rings (SSSR count). The molecule has 136 valence electrons. The monoisotopic (exact) mass is 362 g/mol. The van der Waals surface area contributed by atoms with Crippen molar-refractivity contribution in [2.45, 2.75) is 13.5 Å². The summed E-state index contributed by atoms with van der Waals surface area (Å²) in [4.78, 5) is 21.2. The van der Waals surface area contributed by atoms with Crippen LogP contribution in [-0.2, 0) is 6.54 Å². The van der Waals surface area contributed by atoms with E-state index in [2.05, 4.69) is 20.4 Å². The molecule has 8 heteroatoms. The minimum absolute atomic E-state index is 0.293. The van der Waals surface area contributed by atoms with Gasteiger partial charge in [0.2, 0.25) is 5.88 Å². The molecule has 0 saturated heterocycles. The van der Waals surface area contributed by atoms with E-state index < -0.39 is 0 Å². The first-order valence-electron chi connectivity index (χ1n) is 8.57. The van der Waals surface area contributed by atoms with Crippen LogP contribution >= 0.6 is 0 Å². The average molecular weight is 362 g/mol. The minimum Gasteiger partial charge on any atom is -0.477 e. The third-order valence-corrected chi connectivity index (χ3v) is 3.93. The fourth-order valence-electron chi connectivity index (χ4n) is 2.76. The third kappa shape index (κ3) is 3.64. The van der Waals surface area contributed by atoms with Crippen molar-refractivity contribution in [2.75, 3.05) is 11.9 Å². The van der Waals surface area contributed by atoms with Crippen LogP contribution < -0.4 is 10.1 Å². The molecule has 8 nitrogen and oxygen atoms in total. The number of carbonyl (C=O) groups excluding carboxylic acids is 1. The van der Waals surface area contributed by atoms with E-state index in [0.29, 0.717) is 30.3 Å². The summed E-state index contributed by atoms with van der Waals surface area (Å²) in [7, 11) is 0. The Hall–Kier alpha value is -3.68. The normalized spacial score (nSPS) is 10.9. The first-order chi connectivity index (χ1) is 13.2. The number of rotatable bonds is 6. The van der Waals surface area contributed by atoms with Crippen molar-refractivity contribution in [2.24, 2.45) is 0 Å². The molecule has 4 aromatic rings. The second kappa shape index (κ2) is 7.28. The zero-order valence-corrected chi connectivity index (χ0v) is 14.7. The van der Waals surface area contributed by atoms with Gasteiger partial charge in [-0.3, -0.25) is 9.48 Å². The number of anilines is 1. The number of hydrogen-bond donors (Lipinski definition) is 1. The van der Waals surface area contributed by atoms with Gasteiger partial charge in [-0.25, -0.2) is 9.97 Å². The number of pyridine rings is 2. The lowest BCUT2D eigenvalue weighted by atomic mass is 10.2. The van der Waals surface area contributed by atoms with E-state index in [1.807, 2.05) is 41.9 Å². The number of ether oxygens (including phenoxy) is 1. The van der Waals surface area contributed by atoms with Crippen LogP contribution in [-0.4, -0.2) is 36.7 Å². The molecule has 0 aromatic carbocycles. The lowest BCUT2D eigenvalue weighted by molar-refractivity contribution is 0.102. The number of imidazole rings is 1. The fourth-order valence-corrected chi connectivity index (χ4v) is 2.76. The first kappa shape index (κ1) is 16.8. The van der Waals surface area contributed by atoms with Crippen molar-refractivity contribution in [3.05, 3.63) is 72.6 Å². The van der Waals surface area contributed by atoms with E-state index in [-0.39, 0.29) is 5.91 Å². The number of aromatic nitrogens is 5. The molecule has 0 saturated carbocycles. The Labute approximate surface area is 155 Å². The Morgan fingerprint density at radius 3 is 3.00 bits per heavy atom. The maximum absolute atomic E-state index is 12.5. The van der Waals surface area contributed by atoms with Gasteiger partial charge in [-0.2, -0.15) is 5.10 Å². The highest BCUT2D eigenvalue weighted by atomic mass is 16.5. The number of fused-ring (bicyclic) bond motifs is 1. The number of hydrogen-bond acceptors (Lipinski definition) is 5. The zero-order chi connectivity index (χ0) is 18.6. The van der Waals surface area contributed by atoms with Crippen LogP contribution in [0, 0.1) is 0 Å². The standard InChI is InChI=1S/C19H18N6O2/c1-2-27-19-16(6-5-8-20-19)18(26)23-14-10-21-25(12-14)13-15-11-24-9-4-3-7-17(24)22-15/h3-12H,2,13H2,1H3,(H,23,26). The van der Waals surface area contributed by atoms with E-state index in [9.17, 15) is 4.79 Å². The van der Waals surface area contributed by atoms with Crippen molar-refractivity contribution in [1.29, 1.82) is 0 Å². The molecular formula is C19H18N6O2. The van der Waals surface area contributed by atoms with Crippen molar-refractivity contribution >= 4 is 17.2 Å². The summed E-state index contributed by atoms with van der Waals surface area (Å²) in [6.45, 7) is 2.79. The summed E-state index contributed by atoms with van der Waals surface area (Å²) in [6, 6.07) is 9.22. The molecule has 0 aliphatic heterocycles. The van der Waals surface area contributed by atoms with Crippen LogP contribution in [0.25, 0.3) is 5.65 Å². The Balaban J connectivity index is 1.47. The smallest absolute Gasteiger partial charge is 0.261 e. The second-order valence-electron chi connectivity index (χ2n) is 5.87. The maximum Gasteiger partial charge on any atom is 0.261 e. The van der Waals surface area contributed by atoms with Gasteiger partial charge in [-0.05, 0) is 31.2 Å². The van der Waals surface area contributed by atoms with Gasteiger partial charge in [0, 0.05) is 24.8 Å². The second-order valence-corrected chi connectivity index (χ2v) is 5.87. The zero-order valence-electron chi connectivity index (χ0n) is 14.7. The number of nitrogens with one attached hydrogen (secondary N) is 1. The number of amides is 1. The predicted octanol–water partition coefficient (Wildman–Crippen LogP) is 2.63. The largest absolute Gasteiger partial charge is 0.477 e. The summed E-state index contributed by atoms with van der Waals surface area (Å²) in [5.74, 6) is 0.0217. The quantitative estimate of drug-likeness (QED) is 0.570. The van der Waals surface area contributed by atoms with Crippen molar-refractivity contribution < 1.29 is 9.53 Å². The van der Waals surface area contributed by atoms with Crippen LogP contribution in [0.1, 0.15) is 23.0 Å². The van der Waals surface area contributed by atoms with E-state index in [1.165, 1.54) is 0 Å². The molecule has 4 heterocycles. The van der Waals surface area contributed by atoms with E-state index in [1.54, 1.807) is 35.4 Å². The van der Waals surface area contributed by atoms with Crippen LogP contribution in [0.4, 0.5) is 5.69 Å². The van der Waals surface area contributed by atoms with E-state index in [4.69, 9.17) is 4.74 Å². The summed E-state index contributed by atoms with van der Waals surface area (Å²) >= 11 is 0. The van der Waals surface area contributed by atoms with Crippen LogP contribution in [0.2, 0.25) is 0 Å². The highest BCUT2D eigenvalue weighted by molar-refractivity contribution is 6.05. The topological polar surface area (TPSA) is 86.3 Å². The van der Waals surface area contributed by atoms with Gasteiger partial charge in [-0.1, -0.05) is 6.07 Å². The Morgan fingerprint density at radius 1 is 1.22 bits per heavy atom. The minimum atomic E-state index is -0.293. The molecule has 27 heavy (non-hydrogen) atoms. The summed E-state index contributed by atoms with van der Waals surface area (Å²) in [5.41, 5.74) is 2.74. The molecule has 0 radical (unpaired) electrons. The van der Waals surface area contributed by atoms with Gasteiger partial charge >= 0.3 is 0 Å². The maximum atomic E-state index is 12.5. The molecule has 4 aromatic heterocycles. The highest BCUT2D eigenvalue weighted by Crippen LogP contribution is 2.17. The lowest BCUT2D eigenvalue weighted by Crippen LogP contribution is -2.14. The highest BCUT2D eigenvalue weighted by Gasteiger charge is 2.14. The van der Waals surface area contributed by atoms with Crippen molar-refractivity contribution in [3.63, 3.8) is 0 Å². The molecule has 1 amide bonds. The predicted molar refractivity (Wildman–Crippen MR) is 99.9 cm³/mol. The molecule has 0 aliphatic rings. The summed E-state index contributed by atoms with van der Waals surface area (Å²) in [6.07, 6.45) is 8.86.